The third-order valence-corrected chi connectivity index (χ3v) is 5.69. The van der Waals surface area contributed by atoms with Crippen molar-refractivity contribution in [2.24, 2.45) is 0 Å². The van der Waals surface area contributed by atoms with Gasteiger partial charge in [0.25, 0.3) is 0 Å². The second kappa shape index (κ2) is 6.45. The first-order valence-corrected chi connectivity index (χ1v) is 9.57. The highest BCUT2D eigenvalue weighted by Crippen LogP contribution is 2.36. The highest BCUT2D eigenvalue weighted by atomic mass is 15.1. The van der Waals surface area contributed by atoms with Crippen LogP contribution in [-0.4, -0.2) is 18.1 Å². The lowest BCUT2D eigenvalue weighted by molar-refractivity contribution is 0.576. The fourth-order valence-electron chi connectivity index (χ4n) is 4.15. The van der Waals surface area contributed by atoms with E-state index < -0.39 is 0 Å². The molecule has 1 aromatic carbocycles. The molecule has 0 amide bonds. The predicted octanol–water partition coefficient (Wildman–Crippen LogP) is 4.37. The lowest BCUT2D eigenvalue weighted by Crippen LogP contribution is -2.32. The molecule has 1 atom stereocenters. The number of aromatic nitrogens is 1. The van der Waals surface area contributed by atoms with E-state index in [0.717, 1.165) is 26.1 Å². The predicted molar refractivity (Wildman–Crippen MR) is 104 cm³/mol. The molecule has 2 aliphatic heterocycles. The molecule has 132 valence electrons. The molecule has 0 spiro atoms. The van der Waals surface area contributed by atoms with Gasteiger partial charge in [0.15, 0.2) is 0 Å². The third kappa shape index (κ3) is 3.30. The van der Waals surface area contributed by atoms with Gasteiger partial charge in [0, 0.05) is 25.3 Å². The van der Waals surface area contributed by atoms with Crippen LogP contribution < -0.4 is 10.2 Å². The lowest BCUT2D eigenvalue weighted by Gasteiger charge is -2.34. The monoisotopic (exact) mass is 335 g/mol. The molecule has 0 unspecified atom stereocenters. The number of nitrogens with one attached hydrogen (secondary N) is 1. The van der Waals surface area contributed by atoms with E-state index in [0.29, 0.717) is 6.04 Å². The largest absolute Gasteiger partial charge is 0.366 e. The maximum atomic E-state index is 4.31. The molecular formula is C22H29N3. The van der Waals surface area contributed by atoms with Gasteiger partial charge in [0.05, 0.1) is 11.9 Å². The molecule has 1 N–H and O–H groups in total. The highest BCUT2D eigenvalue weighted by Gasteiger charge is 2.28. The maximum Gasteiger partial charge on any atom is 0.0555 e. The van der Waals surface area contributed by atoms with E-state index in [2.05, 4.69) is 54.2 Å². The molecule has 2 aromatic rings. The van der Waals surface area contributed by atoms with Gasteiger partial charge in [-0.15, -0.1) is 0 Å². The fraction of sp³-hybridized carbons (Fsp3) is 0.500. The Morgan fingerprint density at radius 1 is 1.24 bits per heavy atom. The first-order valence-electron chi connectivity index (χ1n) is 9.57. The molecule has 1 saturated heterocycles. The summed E-state index contributed by atoms with van der Waals surface area (Å²) in [6.45, 7) is 10.2. The number of hydrogen-bond donors (Lipinski definition) is 1. The molecular weight excluding hydrogens is 306 g/mol. The number of nitrogens with zero attached hydrogens (tertiary/aromatic N) is 2. The van der Waals surface area contributed by atoms with Gasteiger partial charge in [-0.3, -0.25) is 4.98 Å². The number of fused-ring (bicyclic) bond motifs is 1. The average Bonchev–Trinajstić information content (AvgIpc) is 3.15. The van der Waals surface area contributed by atoms with Crippen molar-refractivity contribution in [1.82, 2.24) is 10.3 Å². The molecule has 0 aliphatic carbocycles. The quantitative estimate of drug-likeness (QED) is 0.883. The summed E-state index contributed by atoms with van der Waals surface area (Å²) in [5.41, 5.74) is 7.54. The summed E-state index contributed by atoms with van der Waals surface area (Å²) in [6.07, 6.45) is 7.50. The van der Waals surface area contributed by atoms with E-state index >= 15 is 0 Å². The van der Waals surface area contributed by atoms with Crippen LogP contribution in [0.1, 0.15) is 61.9 Å². The molecule has 0 saturated carbocycles. The summed E-state index contributed by atoms with van der Waals surface area (Å²) >= 11 is 0. The van der Waals surface area contributed by atoms with Crippen LogP contribution in [0.5, 0.6) is 0 Å². The van der Waals surface area contributed by atoms with Gasteiger partial charge in [-0.2, -0.15) is 0 Å². The van der Waals surface area contributed by atoms with Crippen LogP contribution in [0.2, 0.25) is 0 Å². The van der Waals surface area contributed by atoms with Crippen molar-refractivity contribution in [2.75, 3.05) is 18.0 Å². The number of rotatable bonds is 2. The highest BCUT2D eigenvalue weighted by molar-refractivity contribution is 5.52. The van der Waals surface area contributed by atoms with Crippen molar-refractivity contribution < 1.29 is 0 Å². The minimum Gasteiger partial charge on any atom is -0.366 e. The second-order valence-electron chi connectivity index (χ2n) is 8.48. The molecule has 1 fully saturated rings. The Morgan fingerprint density at radius 3 is 2.80 bits per heavy atom. The van der Waals surface area contributed by atoms with Gasteiger partial charge in [-0.05, 0) is 65.6 Å². The van der Waals surface area contributed by atoms with Crippen LogP contribution in [-0.2, 0) is 18.4 Å². The molecule has 4 rings (SSSR count). The SMILES string of the molecule is CC(C)(C)c1cc2c(c([C@@H]3CCCN3)c1)CN(c1cccnc1)CC2. The smallest absolute Gasteiger partial charge is 0.0555 e. The summed E-state index contributed by atoms with van der Waals surface area (Å²) in [4.78, 5) is 6.78. The van der Waals surface area contributed by atoms with Gasteiger partial charge >= 0.3 is 0 Å². The van der Waals surface area contributed by atoms with Gasteiger partial charge in [0.2, 0.25) is 0 Å². The molecule has 3 heteroatoms. The van der Waals surface area contributed by atoms with Crippen LogP contribution in [0.3, 0.4) is 0 Å². The normalized spacial score (nSPS) is 20.6. The molecule has 2 aliphatic rings. The summed E-state index contributed by atoms with van der Waals surface area (Å²) in [7, 11) is 0. The van der Waals surface area contributed by atoms with Crippen molar-refractivity contribution in [1.29, 1.82) is 0 Å². The van der Waals surface area contributed by atoms with Crippen LogP contribution in [0.15, 0.2) is 36.7 Å². The molecule has 25 heavy (non-hydrogen) atoms. The Kier molecular flexibility index (Phi) is 4.28. The standard InChI is InChI=1S/C22H29N3/c1-22(2,3)17-12-16-8-11-25(18-6-4-9-23-14-18)15-20(16)19(13-17)21-7-5-10-24-21/h4,6,9,12-14,21,24H,5,7-8,10-11,15H2,1-3H3/t21-/m0/s1. The first-order chi connectivity index (χ1) is 12.0. The van der Waals surface area contributed by atoms with Crippen LogP contribution in [0.25, 0.3) is 0 Å². The van der Waals surface area contributed by atoms with Crippen molar-refractivity contribution >= 4 is 5.69 Å². The van der Waals surface area contributed by atoms with Crippen molar-refractivity contribution in [3.8, 4) is 0 Å². The van der Waals surface area contributed by atoms with Crippen molar-refractivity contribution in [3.63, 3.8) is 0 Å². The minimum absolute atomic E-state index is 0.197. The molecule has 3 nitrogen and oxygen atoms in total. The van der Waals surface area contributed by atoms with Crippen LogP contribution in [0.4, 0.5) is 5.69 Å². The van der Waals surface area contributed by atoms with Crippen molar-refractivity contribution in [3.05, 3.63) is 58.9 Å². The summed E-state index contributed by atoms with van der Waals surface area (Å²) in [5, 5.41) is 3.73. The minimum atomic E-state index is 0.197. The zero-order valence-electron chi connectivity index (χ0n) is 15.7. The Morgan fingerprint density at radius 2 is 2.12 bits per heavy atom. The fourth-order valence-corrected chi connectivity index (χ4v) is 4.15. The summed E-state index contributed by atoms with van der Waals surface area (Å²) in [6, 6.07) is 9.68. The van der Waals surface area contributed by atoms with Crippen LogP contribution in [0, 0.1) is 0 Å². The molecule has 0 radical (unpaired) electrons. The zero-order valence-corrected chi connectivity index (χ0v) is 15.7. The second-order valence-corrected chi connectivity index (χ2v) is 8.48. The number of benzene rings is 1. The van der Waals surface area contributed by atoms with E-state index in [-0.39, 0.29) is 5.41 Å². The average molecular weight is 335 g/mol. The lowest BCUT2D eigenvalue weighted by atomic mass is 9.80. The number of hydrogen-bond acceptors (Lipinski definition) is 3. The summed E-state index contributed by atoms with van der Waals surface area (Å²) in [5.74, 6) is 0. The van der Waals surface area contributed by atoms with Crippen molar-refractivity contribution in [2.45, 2.75) is 58.0 Å². The summed E-state index contributed by atoms with van der Waals surface area (Å²) < 4.78 is 0. The molecule has 0 bridgehead atoms. The Bertz CT molecular complexity index is 740. The third-order valence-electron chi connectivity index (χ3n) is 5.69. The van der Waals surface area contributed by atoms with Crippen LogP contribution >= 0.6 is 0 Å². The molecule has 3 heterocycles. The van der Waals surface area contributed by atoms with E-state index in [9.17, 15) is 0 Å². The van der Waals surface area contributed by atoms with Gasteiger partial charge in [0.1, 0.15) is 0 Å². The Labute approximate surface area is 151 Å². The van der Waals surface area contributed by atoms with E-state index in [1.165, 1.54) is 29.7 Å². The van der Waals surface area contributed by atoms with E-state index in [4.69, 9.17) is 0 Å². The maximum absolute atomic E-state index is 4.31. The number of anilines is 1. The Hall–Kier alpha value is -1.87. The number of pyridine rings is 1. The van der Waals surface area contributed by atoms with E-state index in [1.807, 2.05) is 18.5 Å². The van der Waals surface area contributed by atoms with Gasteiger partial charge in [-0.1, -0.05) is 32.9 Å². The van der Waals surface area contributed by atoms with E-state index in [1.54, 1.807) is 11.1 Å². The topological polar surface area (TPSA) is 28.2 Å². The zero-order chi connectivity index (χ0) is 17.4. The first kappa shape index (κ1) is 16.6. The molecule has 1 aromatic heterocycles. The van der Waals surface area contributed by atoms with Gasteiger partial charge < -0.3 is 10.2 Å². The van der Waals surface area contributed by atoms with Gasteiger partial charge in [-0.25, -0.2) is 0 Å². The Balaban J connectivity index is 1.75.